The highest BCUT2D eigenvalue weighted by atomic mass is 16.1. The van der Waals surface area contributed by atoms with Crippen LogP contribution >= 0.6 is 0 Å². The summed E-state index contributed by atoms with van der Waals surface area (Å²) >= 11 is 0. The van der Waals surface area contributed by atoms with Crippen molar-refractivity contribution >= 4 is 0 Å². The molecule has 0 saturated carbocycles. The van der Waals surface area contributed by atoms with E-state index in [4.69, 9.17) is 5.73 Å². The molecule has 1 aromatic heterocycles. The van der Waals surface area contributed by atoms with E-state index in [0.29, 0.717) is 18.7 Å². The quantitative estimate of drug-likeness (QED) is 0.696. The summed E-state index contributed by atoms with van der Waals surface area (Å²) in [6.45, 7) is 4.58. The van der Waals surface area contributed by atoms with Gasteiger partial charge in [0.25, 0.3) is 5.56 Å². The third-order valence-corrected chi connectivity index (χ3v) is 1.89. The van der Waals surface area contributed by atoms with E-state index < -0.39 is 0 Å². The molecular weight excluding hydrogens is 164 g/mol. The molecule has 2 N–H and O–H groups in total. The SMILES string of the molecule is C=CCCn1cccc(CN)c1=O. The molecule has 0 aliphatic rings. The van der Waals surface area contributed by atoms with Crippen LogP contribution in [0, 0.1) is 0 Å². The third-order valence-electron chi connectivity index (χ3n) is 1.89. The van der Waals surface area contributed by atoms with Crippen LogP contribution in [0.1, 0.15) is 12.0 Å². The summed E-state index contributed by atoms with van der Waals surface area (Å²) in [4.78, 5) is 11.6. The van der Waals surface area contributed by atoms with E-state index in [1.165, 1.54) is 0 Å². The lowest BCUT2D eigenvalue weighted by Crippen LogP contribution is -2.24. The van der Waals surface area contributed by atoms with E-state index in [9.17, 15) is 4.79 Å². The Hall–Kier alpha value is -1.35. The zero-order valence-corrected chi connectivity index (χ0v) is 7.57. The Morgan fingerprint density at radius 3 is 3.00 bits per heavy atom. The van der Waals surface area contributed by atoms with E-state index in [1.807, 2.05) is 6.07 Å². The molecule has 0 radical (unpaired) electrons. The molecule has 1 heterocycles. The van der Waals surface area contributed by atoms with Gasteiger partial charge in [-0.05, 0) is 12.5 Å². The van der Waals surface area contributed by atoms with Crippen LogP contribution in [0.5, 0.6) is 0 Å². The van der Waals surface area contributed by atoms with Crippen molar-refractivity contribution in [2.75, 3.05) is 0 Å². The molecule has 3 heteroatoms. The first-order chi connectivity index (χ1) is 6.29. The van der Waals surface area contributed by atoms with Crippen LogP contribution in [0.3, 0.4) is 0 Å². The number of aryl methyl sites for hydroxylation is 1. The summed E-state index contributed by atoms with van der Waals surface area (Å²) in [5, 5.41) is 0. The van der Waals surface area contributed by atoms with Gasteiger partial charge < -0.3 is 10.3 Å². The zero-order valence-electron chi connectivity index (χ0n) is 7.57. The predicted molar refractivity (Wildman–Crippen MR) is 53.4 cm³/mol. The van der Waals surface area contributed by atoms with E-state index in [1.54, 1.807) is 22.9 Å². The lowest BCUT2D eigenvalue weighted by atomic mass is 10.2. The number of pyridine rings is 1. The first-order valence-electron chi connectivity index (χ1n) is 4.29. The molecule has 70 valence electrons. The Balaban J connectivity index is 2.94. The molecular formula is C10H14N2O. The molecule has 0 fully saturated rings. The number of allylic oxidation sites excluding steroid dienone is 1. The third kappa shape index (κ3) is 2.29. The fraction of sp³-hybridized carbons (Fsp3) is 0.300. The summed E-state index contributed by atoms with van der Waals surface area (Å²) in [6.07, 6.45) is 4.36. The second-order valence-corrected chi connectivity index (χ2v) is 2.81. The molecule has 13 heavy (non-hydrogen) atoms. The average Bonchev–Trinajstić information content (AvgIpc) is 2.16. The van der Waals surface area contributed by atoms with Gasteiger partial charge in [-0.3, -0.25) is 4.79 Å². The second kappa shape index (κ2) is 4.62. The minimum absolute atomic E-state index is 0.00634. The van der Waals surface area contributed by atoms with Gasteiger partial charge in [0.1, 0.15) is 0 Å². The Morgan fingerprint density at radius 2 is 2.38 bits per heavy atom. The Labute approximate surface area is 77.5 Å². The largest absolute Gasteiger partial charge is 0.326 e. The molecule has 0 atom stereocenters. The summed E-state index contributed by atoms with van der Waals surface area (Å²) in [5.74, 6) is 0. The number of hydrogen-bond acceptors (Lipinski definition) is 2. The van der Waals surface area contributed by atoms with Crippen molar-refractivity contribution in [2.45, 2.75) is 19.5 Å². The van der Waals surface area contributed by atoms with Gasteiger partial charge in [0, 0.05) is 24.8 Å². The normalized spacial score (nSPS) is 9.92. The van der Waals surface area contributed by atoms with Crippen molar-refractivity contribution in [3.05, 3.63) is 46.9 Å². The predicted octanol–water partition coefficient (Wildman–Crippen LogP) is 0.883. The van der Waals surface area contributed by atoms with E-state index in [0.717, 1.165) is 6.42 Å². The van der Waals surface area contributed by atoms with Gasteiger partial charge in [-0.2, -0.15) is 0 Å². The van der Waals surface area contributed by atoms with Crippen LogP contribution in [0.2, 0.25) is 0 Å². The number of nitrogens with zero attached hydrogens (tertiary/aromatic N) is 1. The average molecular weight is 178 g/mol. The Morgan fingerprint density at radius 1 is 1.62 bits per heavy atom. The molecule has 0 amide bonds. The molecule has 0 bridgehead atoms. The second-order valence-electron chi connectivity index (χ2n) is 2.81. The maximum Gasteiger partial charge on any atom is 0.255 e. The smallest absolute Gasteiger partial charge is 0.255 e. The van der Waals surface area contributed by atoms with E-state index in [2.05, 4.69) is 6.58 Å². The molecule has 3 nitrogen and oxygen atoms in total. The number of rotatable bonds is 4. The number of aromatic nitrogens is 1. The van der Waals surface area contributed by atoms with Gasteiger partial charge in [-0.25, -0.2) is 0 Å². The van der Waals surface area contributed by atoms with Crippen molar-refractivity contribution < 1.29 is 0 Å². The monoisotopic (exact) mass is 178 g/mol. The number of hydrogen-bond donors (Lipinski definition) is 1. The minimum Gasteiger partial charge on any atom is -0.326 e. The highest BCUT2D eigenvalue weighted by Crippen LogP contribution is 1.92. The maximum absolute atomic E-state index is 11.6. The Kier molecular flexibility index (Phi) is 3.46. The summed E-state index contributed by atoms with van der Waals surface area (Å²) in [6, 6.07) is 3.60. The molecule has 0 aromatic carbocycles. The van der Waals surface area contributed by atoms with Crippen molar-refractivity contribution in [3.8, 4) is 0 Å². The van der Waals surface area contributed by atoms with E-state index in [-0.39, 0.29) is 5.56 Å². The van der Waals surface area contributed by atoms with Crippen molar-refractivity contribution in [3.63, 3.8) is 0 Å². The van der Waals surface area contributed by atoms with Crippen molar-refractivity contribution in [1.29, 1.82) is 0 Å². The highest BCUT2D eigenvalue weighted by Gasteiger charge is 1.99. The maximum atomic E-state index is 11.6. The molecule has 0 unspecified atom stereocenters. The molecule has 0 aliphatic heterocycles. The summed E-state index contributed by atoms with van der Waals surface area (Å²) in [5.41, 5.74) is 6.08. The van der Waals surface area contributed by atoms with Crippen LogP contribution in [-0.4, -0.2) is 4.57 Å². The lowest BCUT2D eigenvalue weighted by molar-refractivity contribution is 0.672. The van der Waals surface area contributed by atoms with Crippen LogP contribution in [0.25, 0.3) is 0 Å². The van der Waals surface area contributed by atoms with Crippen molar-refractivity contribution in [2.24, 2.45) is 5.73 Å². The summed E-state index contributed by atoms with van der Waals surface area (Å²) < 4.78 is 1.66. The van der Waals surface area contributed by atoms with Gasteiger partial charge in [0.05, 0.1) is 0 Å². The fourth-order valence-electron chi connectivity index (χ4n) is 1.15. The van der Waals surface area contributed by atoms with Gasteiger partial charge in [0.15, 0.2) is 0 Å². The van der Waals surface area contributed by atoms with Gasteiger partial charge in [0.2, 0.25) is 0 Å². The summed E-state index contributed by atoms with van der Waals surface area (Å²) in [7, 11) is 0. The van der Waals surface area contributed by atoms with Crippen molar-refractivity contribution in [1.82, 2.24) is 4.57 Å². The molecule has 0 spiro atoms. The van der Waals surface area contributed by atoms with E-state index >= 15 is 0 Å². The molecule has 1 rings (SSSR count). The first-order valence-corrected chi connectivity index (χ1v) is 4.29. The minimum atomic E-state index is 0.00634. The molecule has 1 aromatic rings. The van der Waals surface area contributed by atoms with Gasteiger partial charge in [-0.1, -0.05) is 12.1 Å². The van der Waals surface area contributed by atoms with Gasteiger partial charge >= 0.3 is 0 Å². The lowest BCUT2D eigenvalue weighted by Gasteiger charge is -2.04. The fourth-order valence-corrected chi connectivity index (χ4v) is 1.15. The van der Waals surface area contributed by atoms with Crippen LogP contribution in [0.4, 0.5) is 0 Å². The van der Waals surface area contributed by atoms with Crippen LogP contribution in [-0.2, 0) is 13.1 Å². The standard InChI is InChI=1S/C10H14N2O/c1-2-3-6-12-7-4-5-9(8-11)10(12)13/h2,4-5,7H,1,3,6,8,11H2. The van der Waals surface area contributed by atoms with Crippen LogP contribution in [0.15, 0.2) is 35.8 Å². The topological polar surface area (TPSA) is 48.0 Å². The number of nitrogens with two attached hydrogens (primary N) is 1. The highest BCUT2D eigenvalue weighted by molar-refractivity contribution is 5.09. The molecule has 0 saturated heterocycles. The van der Waals surface area contributed by atoms with Crippen LogP contribution < -0.4 is 11.3 Å². The Bertz CT molecular complexity index is 341. The molecule has 0 aliphatic carbocycles. The first kappa shape index (κ1) is 9.74. The zero-order chi connectivity index (χ0) is 9.68. The van der Waals surface area contributed by atoms with Gasteiger partial charge in [-0.15, -0.1) is 6.58 Å².